The number of fused-ring (bicyclic) bond motifs is 5. The standard InChI is InChI=1S/C24H24F2O3.C24H28N2O3.C23H23ClO2.C22H24N2O2.C21H21FN2O2/c1-23(2)8-9-24(3,4)17-13-20(29-5)15(12-16(17)23)7-6-14-10-18(25)21(22(27)28)19(26)11-14;1-7-29-22(27)17-14-25-21(26-15-17)9-8-16-12-18-19(13-20(16)28-6)24(4,5)11-10-23(18,2)3;1-22(2)11-12-23(3,4)19-13-15(6-10-18(19)22)5-7-16-8-9-17(21(25)26)14-20(16)24;1-21(2)12-13-22(3,4)19-18(21)23-14-17(24-19)11-8-15-6-9-16(10-7-15)20(25)26-5;1-20(2)9-10-21(3,4)18-17(20)23-12-15(24-18)8-7-13-5-6-14(19(25)26)11-16(13)22/h10-13H,8-9H2,1-5H3,(H,27,28);12-15H,7,10-11H2,1-6H3;6,8-10,13-14H,11-12H2,1-4H3,(H,25,26);6-7,9-10,14H,12-13H2,1-5H3;5-6,11-12H,9-10H2,1-4H3,(H,25,26). The zero-order chi connectivity index (χ0) is 100.0. The van der Waals surface area contributed by atoms with E-state index in [0.29, 0.717) is 56.8 Å². The molecule has 7 aromatic carbocycles. The van der Waals surface area contributed by atoms with E-state index < -0.39 is 46.9 Å². The van der Waals surface area contributed by atoms with Gasteiger partial charge in [-0.25, -0.2) is 57.1 Å². The number of halogens is 4. The SMILES string of the molecule is CC1(C)CCC(C)(C)c2cc(C#Cc3ccc(C(=O)O)cc3Cl)ccc21.CC1(C)CCC(C)(C)c2nc(C#Cc3ccc(C(=O)O)cc3F)cnc21.CCOC(=O)c1cnc(C#Cc2cc3c(cc2OC)C(C)(C)CCC3(C)C)nc1.COC(=O)c1ccc(C#Cc2cnc3c(n2)C(C)(C)CCC3(C)C)cc1.COc1cc2c(cc1C#Cc1cc(F)c(C(=O)O)c(F)c1)C(C)(C)CCC2(C)C. The fourth-order valence-corrected chi connectivity index (χ4v) is 17.7. The molecule has 10 aromatic rings. The molecule has 0 unspecified atom stereocenters. The summed E-state index contributed by atoms with van der Waals surface area (Å²) in [6.07, 6.45) is 17.2. The highest BCUT2D eigenvalue weighted by atomic mass is 35.5. The summed E-state index contributed by atoms with van der Waals surface area (Å²) in [5.41, 5.74) is 17.5. The monoisotopic (exact) mass is 1860 g/mol. The number of esters is 2. The number of rotatable bonds is 8. The average molecular weight is 1860 g/mol. The van der Waals surface area contributed by atoms with Crippen molar-refractivity contribution in [2.45, 2.75) is 264 Å². The van der Waals surface area contributed by atoms with Gasteiger partial charge >= 0.3 is 29.8 Å². The number of carboxylic acids is 3. The zero-order valence-electron chi connectivity index (χ0n) is 82.3. The van der Waals surface area contributed by atoms with E-state index in [0.717, 1.165) is 121 Å². The minimum Gasteiger partial charge on any atom is -0.495 e. The van der Waals surface area contributed by atoms with Crippen molar-refractivity contribution in [1.29, 1.82) is 0 Å². The highest BCUT2D eigenvalue weighted by molar-refractivity contribution is 6.32. The van der Waals surface area contributed by atoms with E-state index in [-0.39, 0.29) is 82.4 Å². The van der Waals surface area contributed by atoms with Crippen LogP contribution in [0.1, 0.15) is 374 Å². The van der Waals surface area contributed by atoms with Crippen LogP contribution in [0.25, 0.3) is 0 Å². The van der Waals surface area contributed by atoms with Crippen LogP contribution in [-0.2, 0) is 63.6 Å². The Labute approximate surface area is 803 Å². The van der Waals surface area contributed by atoms with Crippen LogP contribution < -0.4 is 9.47 Å². The van der Waals surface area contributed by atoms with Crippen LogP contribution in [0.4, 0.5) is 13.2 Å². The van der Waals surface area contributed by atoms with Gasteiger partial charge in [-0.2, -0.15) is 0 Å². The van der Waals surface area contributed by atoms with Crippen molar-refractivity contribution in [3.05, 3.63) is 303 Å². The molecule has 0 radical (unpaired) electrons. The van der Waals surface area contributed by atoms with Crippen molar-refractivity contribution < 1.29 is 71.4 Å². The van der Waals surface area contributed by atoms with Crippen LogP contribution in [0.15, 0.2) is 140 Å². The Morgan fingerprint density at radius 3 is 1.13 bits per heavy atom. The fraction of sp³-hybridized carbons (Fsp3) is 0.395. The number of aromatic carboxylic acids is 3. The molecule has 5 aliphatic carbocycles. The van der Waals surface area contributed by atoms with E-state index in [1.165, 1.54) is 83.6 Å². The summed E-state index contributed by atoms with van der Waals surface area (Å²) >= 11 is 6.17. The van der Waals surface area contributed by atoms with Crippen molar-refractivity contribution in [2.75, 3.05) is 27.9 Å². The van der Waals surface area contributed by atoms with E-state index >= 15 is 0 Å². The van der Waals surface area contributed by atoms with Crippen molar-refractivity contribution in [3.63, 3.8) is 0 Å². The van der Waals surface area contributed by atoms with E-state index in [1.807, 2.05) is 12.1 Å². The maximum atomic E-state index is 14.0. The van der Waals surface area contributed by atoms with Gasteiger partial charge in [0, 0.05) is 56.3 Å². The maximum Gasteiger partial charge on any atom is 0.341 e. The minimum atomic E-state index is -1.65. The third-order valence-electron chi connectivity index (χ3n) is 26.9. The van der Waals surface area contributed by atoms with E-state index in [2.05, 4.69) is 243 Å². The van der Waals surface area contributed by atoms with Crippen LogP contribution in [0.5, 0.6) is 11.5 Å². The Morgan fingerprint density at radius 2 is 0.706 bits per heavy atom. The number of nitrogens with zero attached hydrogens (tertiary/aromatic N) is 6. The number of hydrogen-bond donors (Lipinski definition) is 3. The predicted molar refractivity (Wildman–Crippen MR) is 524 cm³/mol. The second kappa shape index (κ2) is 40.7. The van der Waals surface area contributed by atoms with E-state index in [1.54, 1.807) is 63.9 Å². The van der Waals surface area contributed by atoms with Gasteiger partial charge in [0.2, 0.25) is 5.82 Å². The van der Waals surface area contributed by atoms with Gasteiger partial charge in [0.05, 0.1) is 107 Å². The number of hydrogen-bond acceptors (Lipinski definition) is 15. The van der Waals surface area contributed by atoms with Crippen LogP contribution in [0, 0.1) is 76.7 Å². The third kappa shape index (κ3) is 23.9. The lowest BCUT2D eigenvalue weighted by atomic mass is 9.63. The van der Waals surface area contributed by atoms with Gasteiger partial charge < -0.3 is 34.3 Å². The first-order chi connectivity index (χ1) is 63.6. The number of methoxy groups -OCH3 is 3. The molecule has 3 N–H and O–H groups in total. The summed E-state index contributed by atoms with van der Waals surface area (Å²) in [4.78, 5) is 83.2. The molecule has 5 aliphatic rings. The van der Waals surface area contributed by atoms with E-state index in [4.69, 9.17) is 60.8 Å². The molecule has 706 valence electrons. The maximum absolute atomic E-state index is 14.0. The predicted octanol–water partition coefficient (Wildman–Crippen LogP) is 23.7. The second-order valence-electron chi connectivity index (χ2n) is 41.7. The third-order valence-corrected chi connectivity index (χ3v) is 27.2. The minimum absolute atomic E-state index is 0.0116. The Morgan fingerprint density at radius 1 is 0.338 bits per heavy atom. The molecular formula is C114H120ClF3N6O12. The van der Waals surface area contributed by atoms with Crippen LogP contribution in [0.2, 0.25) is 5.02 Å². The Balaban J connectivity index is 0.000000163. The highest BCUT2D eigenvalue weighted by Crippen LogP contribution is 2.52. The van der Waals surface area contributed by atoms with Gasteiger partial charge in [-0.05, 0) is 264 Å². The number of carboxylic acid groups (broad SMARTS) is 3. The normalized spacial score (nSPS) is 16.6. The molecule has 18 nitrogen and oxygen atoms in total. The smallest absolute Gasteiger partial charge is 0.341 e. The molecule has 3 aromatic heterocycles. The lowest BCUT2D eigenvalue weighted by molar-refractivity contribution is 0.0522. The molecule has 0 spiro atoms. The topological polar surface area (TPSA) is 260 Å². The van der Waals surface area contributed by atoms with Gasteiger partial charge in [-0.15, -0.1) is 0 Å². The summed E-state index contributed by atoms with van der Waals surface area (Å²) in [6, 6.07) is 31.9. The quantitative estimate of drug-likeness (QED) is 0.0943. The van der Waals surface area contributed by atoms with Crippen LogP contribution >= 0.6 is 11.6 Å². The Bertz CT molecular complexity index is 6520. The zero-order valence-corrected chi connectivity index (χ0v) is 83.0. The molecule has 22 heteroatoms. The first-order valence-electron chi connectivity index (χ1n) is 45.5. The summed E-state index contributed by atoms with van der Waals surface area (Å²) < 4.78 is 62.7. The summed E-state index contributed by atoms with van der Waals surface area (Å²) in [6.45, 7) is 46.7. The fourth-order valence-electron chi connectivity index (χ4n) is 17.5. The van der Waals surface area contributed by atoms with Crippen molar-refractivity contribution in [3.8, 4) is 70.7 Å². The molecule has 0 saturated carbocycles. The van der Waals surface area contributed by atoms with Crippen molar-refractivity contribution in [2.24, 2.45) is 0 Å². The molecule has 0 saturated heterocycles. The molecule has 0 bridgehead atoms. The van der Waals surface area contributed by atoms with Gasteiger partial charge in [-0.3, -0.25) is 9.97 Å². The molecule has 3 heterocycles. The molecule has 15 rings (SSSR count). The lowest BCUT2D eigenvalue weighted by Gasteiger charge is -2.42. The average Bonchev–Trinajstić information content (AvgIpc) is 0.745. The summed E-state index contributed by atoms with van der Waals surface area (Å²) in [5, 5.41) is 27.2. The van der Waals surface area contributed by atoms with Crippen molar-refractivity contribution in [1.82, 2.24) is 29.9 Å². The van der Waals surface area contributed by atoms with Gasteiger partial charge in [-0.1, -0.05) is 198 Å². The largest absolute Gasteiger partial charge is 0.495 e. The number of aromatic nitrogens is 6. The second-order valence-corrected chi connectivity index (χ2v) is 42.1. The highest BCUT2D eigenvalue weighted by Gasteiger charge is 2.44. The summed E-state index contributed by atoms with van der Waals surface area (Å²) in [5.74, 6) is 24.0. The number of benzene rings is 7. The number of carbonyl (C=O) groups is 5. The Hall–Kier alpha value is -13.4. The number of carbonyl (C=O) groups excluding carboxylic acids is 2. The lowest BCUT2D eigenvalue weighted by Crippen LogP contribution is -2.36. The molecule has 0 aliphatic heterocycles. The first kappa shape index (κ1) is 103. The molecule has 136 heavy (non-hydrogen) atoms. The van der Waals surface area contributed by atoms with Gasteiger partial charge in [0.25, 0.3) is 0 Å². The van der Waals surface area contributed by atoms with E-state index in [9.17, 15) is 37.1 Å². The van der Waals surface area contributed by atoms with Gasteiger partial charge in [0.15, 0.2) is 0 Å². The van der Waals surface area contributed by atoms with Crippen molar-refractivity contribution >= 4 is 41.4 Å². The molecule has 0 fully saturated rings. The summed E-state index contributed by atoms with van der Waals surface area (Å²) in [7, 11) is 4.60. The molecule has 0 atom stereocenters. The molecule has 0 amide bonds. The Kier molecular flexibility index (Phi) is 30.8. The van der Waals surface area contributed by atoms with Crippen LogP contribution in [0.3, 0.4) is 0 Å². The first-order valence-corrected chi connectivity index (χ1v) is 45.9. The number of ether oxygens (including phenoxy) is 4. The van der Waals surface area contributed by atoms with Gasteiger partial charge in [0.1, 0.15) is 45.9 Å². The molecular weight excluding hydrogens is 1740 g/mol. The van der Waals surface area contributed by atoms with Crippen LogP contribution in [-0.4, -0.2) is 103 Å².